The van der Waals surface area contributed by atoms with Gasteiger partial charge in [-0.1, -0.05) is 158 Å². The number of benzene rings is 9. The van der Waals surface area contributed by atoms with Crippen molar-refractivity contribution < 1.29 is 30.0 Å². The van der Waals surface area contributed by atoms with E-state index in [1.807, 2.05) is 24.4 Å². The number of fused-ring (bicyclic) bond motifs is 15. The molecule has 0 bridgehead atoms. The first-order valence-electron chi connectivity index (χ1n) is 25.0. The number of aromatic nitrogens is 8. The number of imidazole rings is 3. The van der Waals surface area contributed by atoms with Crippen molar-refractivity contribution in [3.05, 3.63) is 224 Å². The summed E-state index contributed by atoms with van der Waals surface area (Å²) in [5.74, 6) is 1.56. The van der Waals surface area contributed by atoms with Gasteiger partial charge in [0.1, 0.15) is 11.4 Å². The number of para-hydroxylation sites is 9. The Morgan fingerprint density at radius 2 is 1.21 bits per heavy atom. The van der Waals surface area contributed by atoms with Gasteiger partial charge < -0.3 is 27.1 Å². The monoisotopic (exact) mass is 1150 g/mol. The van der Waals surface area contributed by atoms with Crippen LogP contribution in [0.15, 0.2) is 205 Å². The van der Waals surface area contributed by atoms with Crippen LogP contribution in [-0.2, 0) is 26.5 Å². The van der Waals surface area contributed by atoms with E-state index in [9.17, 15) is 0 Å². The van der Waals surface area contributed by atoms with E-state index in [-0.39, 0.29) is 26.5 Å². The molecule has 0 spiro atoms. The Kier molecular flexibility index (Phi) is 9.27. The minimum Gasteiger partial charge on any atom is -0.514 e. The van der Waals surface area contributed by atoms with Crippen LogP contribution in [0.4, 0.5) is 0 Å². The van der Waals surface area contributed by atoms with Crippen molar-refractivity contribution in [3.63, 3.8) is 0 Å². The summed E-state index contributed by atoms with van der Waals surface area (Å²) in [7, 11) is 0. The molecule has 75 heavy (non-hydrogen) atoms. The van der Waals surface area contributed by atoms with Gasteiger partial charge in [-0.3, -0.25) is 4.57 Å². The summed E-state index contributed by atoms with van der Waals surface area (Å²) in [6.07, 6.45) is 5.82. The van der Waals surface area contributed by atoms with E-state index in [4.69, 9.17) is 14.4 Å². The van der Waals surface area contributed by atoms with Crippen LogP contribution in [0.2, 0.25) is 0 Å². The third-order valence-electron chi connectivity index (χ3n) is 15.1. The van der Waals surface area contributed by atoms with Crippen molar-refractivity contribution in [2.75, 3.05) is 0 Å². The molecule has 0 radical (unpaired) electrons. The summed E-state index contributed by atoms with van der Waals surface area (Å²) in [6.45, 7) is 6.72. The molecule has 7 aromatic heterocycles. The molecule has 0 saturated carbocycles. The molecule has 0 N–H and O–H groups in total. The fourth-order valence-electron chi connectivity index (χ4n) is 11.7. The van der Waals surface area contributed by atoms with Crippen LogP contribution >= 0.6 is 0 Å². The summed E-state index contributed by atoms with van der Waals surface area (Å²) in [4.78, 5) is 10.5. The predicted molar refractivity (Wildman–Crippen MR) is 297 cm³/mol. The number of pyridine rings is 1. The van der Waals surface area contributed by atoms with Gasteiger partial charge in [0, 0.05) is 60.2 Å². The molecule has 10 heteroatoms. The zero-order valence-electron chi connectivity index (χ0n) is 40.9. The molecule has 16 aromatic rings. The summed E-state index contributed by atoms with van der Waals surface area (Å²) in [5.41, 5.74) is 16.0. The second-order valence-corrected chi connectivity index (χ2v) is 20.3. The predicted octanol–water partition coefficient (Wildman–Crippen LogP) is 14.8. The molecule has 9 nitrogen and oxygen atoms in total. The van der Waals surface area contributed by atoms with Gasteiger partial charge in [-0.2, -0.15) is 0 Å². The Labute approximate surface area is 443 Å². The average molecular weight is 1150 g/mol. The molecule has 9 aromatic carbocycles. The normalized spacial score (nSPS) is 12.4. The maximum absolute atomic E-state index is 6.99. The van der Waals surface area contributed by atoms with Crippen molar-refractivity contribution in [2.24, 2.45) is 0 Å². The van der Waals surface area contributed by atoms with Gasteiger partial charge in [0.05, 0.1) is 38.8 Å². The maximum atomic E-state index is 6.99. The Bertz CT molecular complexity index is 5020. The Balaban J connectivity index is 0.00000495. The summed E-state index contributed by atoms with van der Waals surface area (Å²) in [5, 5.41) is 6.48. The van der Waals surface area contributed by atoms with Crippen molar-refractivity contribution in [3.8, 4) is 28.6 Å². The van der Waals surface area contributed by atoms with Crippen LogP contribution in [-0.4, -0.2) is 32.6 Å². The van der Waals surface area contributed by atoms with E-state index in [0.29, 0.717) is 11.3 Å². The molecule has 0 amide bonds. The minimum absolute atomic E-state index is 0. The molecule has 0 aliphatic heterocycles. The van der Waals surface area contributed by atoms with E-state index in [2.05, 4.69) is 242 Å². The Morgan fingerprint density at radius 3 is 2.03 bits per heavy atom. The van der Waals surface area contributed by atoms with Gasteiger partial charge in [-0.05, 0) is 99.4 Å². The zero-order valence-corrected chi connectivity index (χ0v) is 43.1. The zero-order chi connectivity index (χ0) is 49.0. The molecule has 0 unspecified atom stereocenters. The number of hydrogen-bond acceptors (Lipinski definition) is 3. The van der Waals surface area contributed by atoms with Crippen molar-refractivity contribution in [2.45, 2.75) is 26.2 Å². The van der Waals surface area contributed by atoms with Gasteiger partial charge >= 0.3 is 0 Å². The van der Waals surface area contributed by atoms with Crippen LogP contribution in [0.5, 0.6) is 0 Å². The summed E-state index contributed by atoms with van der Waals surface area (Å²) >= 11 is 0. The van der Waals surface area contributed by atoms with Gasteiger partial charge in [0.15, 0.2) is 0 Å². The first-order valence-corrected chi connectivity index (χ1v) is 25.0. The molecule has 16 rings (SSSR count). The van der Waals surface area contributed by atoms with Gasteiger partial charge in [-0.25, -0.2) is 9.97 Å². The van der Waals surface area contributed by atoms with Crippen LogP contribution in [0.1, 0.15) is 26.3 Å². The molecule has 0 aliphatic carbocycles. The number of hydrogen-bond donors (Lipinski definition) is 0. The van der Waals surface area contributed by atoms with E-state index < -0.39 is 0 Å². The summed E-state index contributed by atoms with van der Waals surface area (Å²) in [6, 6.07) is 76.4. The van der Waals surface area contributed by atoms with Crippen LogP contribution in [0, 0.1) is 18.5 Å². The molecule has 360 valence electrons. The largest absolute Gasteiger partial charge is 0.514 e. The second kappa shape index (κ2) is 16.0. The van der Waals surface area contributed by atoms with E-state index in [1.165, 1.54) is 10.9 Å². The Morgan fingerprint density at radius 1 is 0.533 bits per heavy atom. The standard InChI is InChI=1S/C65H42N8O.Pt/c1-65(2,3)40-32-33-66-61(34-40)71-51-26-12-8-21-44(51)47-37-57-58(38-56(47)71)73(64-67-49-24-10-13-27-52(49)72(57)64)59-36-42(35-48-45-22-9-16-31-60(45)74-63(48)59)68-39-69(54-29-15-14-28-53(54)68)55-30-17-23-46-43-20-7-11-25-50(43)70(62(46)55)41-18-5-4-6-19-41;/h4-35,37H,1-3H3;/q-2;. The fourth-order valence-corrected chi connectivity index (χ4v) is 11.7. The summed E-state index contributed by atoms with van der Waals surface area (Å²) < 4.78 is 20.4. The average Bonchev–Trinajstić information content (AvgIpc) is 4.35. The Hall–Kier alpha value is -9.04. The first-order chi connectivity index (χ1) is 36.4. The van der Waals surface area contributed by atoms with Crippen LogP contribution in [0.3, 0.4) is 0 Å². The third kappa shape index (κ3) is 6.19. The molecular weight excluding hydrogens is 1100 g/mol. The molecule has 0 aliphatic rings. The molecule has 7 heterocycles. The van der Waals surface area contributed by atoms with E-state index in [0.717, 1.165) is 116 Å². The van der Waals surface area contributed by atoms with Crippen molar-refractivity contribution >= 4 is 104 Å². The first kappa shape index (κ1) is 43.5. The van der Waals surface area contributed by atoms with Gasteiger partial charge in [0.2, 0.25) is 5.78 Å². The van der Waals surface area contributed by atoms with Crippen molar-refractivity contribution in [1.29, 1.82) is 0 Å². The molecule has 0 fully saturated rings. The second-order valence-electron chi connectivity index (χ2n) is 20.3. The fraction of sp³-hybridized carbons (Fsp3) is 0.0615. The quantitative estimate of drug-likeness (QED) is 0.127. The number of rotatable bonds is 5. The minimum atomic E-state index is -0.0789. The SMILES string of the molecule is CC(C)(C)c1ccnc(-n2c3[c-]c4c(cc3c3ccccc32)n2c3ccccc3nc2n4-c2[c-]c(-n3[c-][n+](-c4cccc5c6ccccc6n(-c6ccccc6)c45)c4ccccc43)cc3c2oc2ccccc23)c1.[Pt]. The van der Waals surface area contributed by atoms with E-state index in [1.54, 1.807) is 0 Å². The smallest absolute Gasteiger partial charge is 0.268 e. The maximum Gasteiger partial charge on any atom is 0.268 e. The van der Waals surface area contributed by atoms with Gasteiger partial charge in [-0.15, -0.1) is 24.3 Å². The molecule has 0 saturated heterocycles. The van der Waals surface area contributed by atoms with Gasteiger partial charge in [0.25, 0.3) is 6.33 Å². The van der Waals surface area contributed by atoms with Crippen LogP contribution < -0.4 is 4.57 Å². The topological polar surface area (TPSA) is 66.9 Å². The molecular formula is C65H42N8OPt-2. The third-order valence-corrected chi connectivity index (χ3v) is 15.1. The molecule has 0 atom stereocenters. The number of nitrogens with zero attached hydrogens (tertiary/aromatic N) is 8. The van der Waals surface area contributed by atoms with Crippen molar-refractivity contribution in [1.82, 2.24) is 32.6 Å². The van der Waals surface area contributed by atoms with E-state index >= 15 is 0 Å². The number of furan rings is 1. The van der Waals surface area contributed by atoms with Crippen LogP contribution in [0.25, 0.3) is 133 Å².